The number of piperazine rings is 1. The predicted octanol–water partition coefficient (Wildman–Crippen LogP) is 1.36. The van der Waals surface area contributed by atoms with Crippen molar-refractivity contribution in [3.05, 3.63) is 0 Å². The molecule has 2 atom stereocenters. The van der Waals surface area contributed by atoms with Gasteiger partial charge in [0.15, 0.2) is 0 Å². The van der Waals surface area contributed by atoms with Gasteiger partial charge in [0.05, 0.1) is 13.0 Å². The maximum atomic E-state index is 12.0. The van der Waals surface area contributed by atoms with Gasteiger partial charge in [0.1, 0.15) is 0 Å². The zero-order chi connectivity index (χ0) is 13.0. The van der Waals surface area contributed by atoms with Crippen molar-refractivity contribution >= 4 is 5.97 Å². The van der Waals surface area contributed by atoms with Crippen LogP contribution in [0.2, 0.25) is 0 Å². The lowest BCUT2D eigenvalue weighted by Crippen LogP contribution is -2.52. The van der Waals surface area contributed by atoms with Crippen molar-refractivity contribution in [3.8, 4) is 0 Å². The fourth-order valence-corrected chi connectivity index (χ4v) is 3.31. The fraction of sp³-hybridized carbons (Fsp3) is 0.929. The number of ether oxygens (including phenoxy) is 1. The highest BCUT2D eigenvalue weighted by atomic mass is 16.5. The average molecular weight is 254 g/mol. The third-order valence-corrected chi connectivity index (χ3v) is 4.49. The molecule has 4 nitrogen and oxygen atoms in total. The second-order valence-corrected chi connectivity index (χ2v) is 5.67. The van der Waals surface area contributed by atoms with E-state index in [0.29, 0.717) is 6.04 Å². The summed E-state index contributed by atoms with van der Waals surface area (Å²) < 4.78 is 5.01. The Labute approximate surface area is 110 Å². The van der Waals surface area contributed by atoms with Crippen LogP contribution in [-0.4, -0.2) is 62.1 Å². The molecule has 0 aromatic rings. The minimum Gasteiger partial charge on any atom is -0.469 e. The molecule has 1 saturated heterocycles. The summed E-state index contributed by atoms with van der Waals surface area (Å²) in [5.74, 6) is 0.0988. The molecular formula is C14H26N2O2. The number of hydrogen-bond acceptors (Lipinski definition) is 4. The number of rotatable bonds is 2. The molecular weight excluding hydrogens is 228 g/mol. The van der Waals surface area contributed by atoms with Crippen LogP contribution in [0.4, 0.5) is 0 Å². The Balaban J connectivity index is 2.03. The Hall–Kier alpha value is -0.610. The van der Waals surface area contributed by atoms with Crippen LogP contribution in [0.1, 0.15) is 32.1 Å². The van der Waals surface area contributed by atoms with Crippen molar-refractivity contribution in [1.82, 2.24) is 9.80 Å². The zero-order valence-corrected chi connectivity index (χ0v) is 11.7. The van der Waals surface area contributed by atoms with Gasteiger partial charge < -0.3 is 9.64 Å². The molecule has 1 aliphatic carbocycles. The number of methoxy groups -OCH3 is 1. The molecule has 0 N–H and O–H groups in total. The van der Waals surface area contributed by atoms with Crippen LogP contribution < -0.4 is 0 Å². The lowest BCUT2D eigenvalue weighted by Gasteiger charge is -2.40. The Kier molecular flexibility index (Phi) is 5.01. The quantitative estimate of drug-likeness (QED) is 0.550. The standard InChI is InChI=1S/C14H26N2O2/c1-15-8-10-16(11-9-15)13-7-5-3-4-6-12(13)14(17)18-2/h12-13H,3-11H2,1-2H3. The van der Waals surface area contributed by atoms with Crippen molar-refractivity contribution in [3.63, 3.8) is 0 Å². The fourth-order valence-electron chi connectivity index (χ4n) is 3.31. The highest BCUT2D eigenvalue weighted by Gasteiger charge is 2.35. The number of carbonyl (C=O) groups excluding carboxylic acids is 1. The summed E-state index contributed by atoms with van der Waals surface area (Å²) in [6, 6.07) is 0.411. The summed E-state index contributed by atoms with van der Waals surface area (Å²) in [6.45, 7) is 4.41. The molecule has 2 aliphatic rings. The molecule has 0 spiro atoms. The monoisotopic (exact) mass is 254 g/mol. The third-order valence-electron chi connectivity index (χ3n) is 4.49. The largest absolute Gasteiger partial charge is 0.469 e. The molecule has 0 amide bonds. The Morgan fingerprint density at radius 2 is 1.72 bits per heavy atom. The van der Waals surface area contributed by atoms with Gasteiger partial charge in [-0.05, 0) is 19.9 Å². The van der Waals surface area contributed by atoms with Crippen molar-refractivity contribution in [2.24, 2.45) is 5.92 Å². The van der Waals surface area contributed by atoms with Gasteiger partial charge in [0.2, 0.25) is 0 Å². The molecule has 0 bridgehead atoms. The first-order valence-corrected chi connectivity index (χ1v) is 7.23. The minimum absolute atomic E-state index is 0.000767. The summed E-state index contributed by atoms with van der Waals surface area (Å²) >= 11 is 0. The van der Waals surface area contributed by atoms with E-state index in [4.69, 9.17) is 4.74 Å². The third kappa shape index (κ3) is 3.23. The van der Waals surface area contributed by atoms with E-state index in [-0.39, 0.29) is 11.9 Å². The highest BCUT2D eigenvalue weighted by molar-refractivity contribution is 5.73. The Bertz CT molecular complexity index is 275. The van der Waals surface area contributed by atoms with E-state index in [1.54, 1.807) is 0 Å². The van der Waals surface area contributed by atoms with E-state index < -0.39 is 0 Å². The Morgan fingerprint density at radius 1 is 1.06 bits per heavy atom. The van der Waals surface area contributed by atoms with Crippen molar-refractivity contribution < 1.29 is 9.53 Å². The van der Waals surface area contributed by atoms with Gasteiger partial charge in [0, 0.05) is 32.2 Å². The number of hydrogen-bond donors (Lipinski definition) is 0. The van der Waals surface area contributed by atoms with Gasteiger partial charge in [-0.3, -0.25) is 9.69 Å². The molecule has 0 aromatic carbocycles. The van der Waals surface area contributed by atoms with Crippen LogP contribution in [0.3, 0.4) is 0 Å². The smallest absolute Gasteiger partial charge is 0.310 e. The van der Waals surface area contributed by atoms with Crippen LogP contribution in [0.25, 0.3) is 0 Å². The molecule has 0 aromatic heterocycles. The molecule has 104 valence electrons. The summed E-state index contributed by atoms with van der Waals surface area (Å²) in [5.41, 5.74) is 0. The predicted molar refractivity (Wildman–Crippen MR) is 71.4 cm³/mol. The zero-order valence-electron chi connectivity index (χ0n) is 11.7. The maximum Gasteiger partial charge on any atom is 0.310 e. The average Bonchev–Trinajstić information content (AvgIpc) is 2.64. The van der Waals surface area contributed by atoms with Gasteiger partial charge in [0.25, 0.3) is 0 Å². The van der Waals surface area contributed by atoms with Crippen LogP contribution in [-0.2, 0) is 9.53 Å². The van der Waals surface area contributed by atoms with Crippen LogP contribution in [0.15, 0.2) is 0 Å². The molecule has 18 heavy (non-hydrogen) atoms. The second kappa shape index (κ2) is 6.53. The molecule has 2 unspecified atom stereocenters. The molecule has 4 heteroatoms. The number of esters is 1. The van der Waals surface area contributed by atoms with Crippen LogP contribution in [0.5, 0.6) is 0 Å². The maximum absolute atomic E-state index is 12.0. The summed E-state index contributed by atoms with van der Waals surface area (Å²) in [5, 5.41) is 0. The topological polar surface area (TPSA) is 32.8 Å². The number of nitrogens with zero attached hydrogens (tertiary/aromatic N) is 2. The lowest BCUT2D eigenvalue weighted by atomic mass is 9.93. The van der Waals surface area contributed by atoms with Crippen LogP contribution in [0, 0.1) is 5.92 Å². The highest BCUT2D eigenvalue weighted by Crippen LogP contribution is 2.29. The van der Waals surface area contributed by atoms with E-state index >= 15 is 0 Å². The molecule has 1 aliphatic heterocycles. The van der Waals surface area contributed by atoms with Crippen molar-refractivity contribution in [2.75, 3.05) is 40.3 Å². The molecule has 0 radical (unpaired) electrons. The molecule has 1 heterocycles. The van der Waals surface area contributed by atoms with Gasteiger partial charge in [-0.15, -0.1) is 0 Å². The SMILES string of the molecule is COC(=O)C1CCCCCC1N1CCN(C)CC1. The van der Waals surface area contributed by atoms with Gasteiger partial charge in [-0.2, -0.15) is 0 Å². The van der Waals surface area contributed by atoms with E-state index in [2.05, 4.69) is 16.8 Å². The van der Waals surface area contributed by atoms with Crippen molar-refractivity contribution in [2.45, 2.75) is 38.1 Å². The minimum atomic E-state index is 0.000767. The first-order chi connectivity index (χ1) is 8.72. The molecule has 1 saturated carbocycles. The van der Waals surface area contributed by atoms with E-state index in [0.717, 1.165) is 39.0 Å². The van der Waals surface area contributed by atoms with Gasteiger partial charge >= 0.3 is 5.97 Å². The summed E-state index contributed by atoms with van der Waals surface area (Å²) in [4.78, 5) is 16.9. The van der Waals surface area contributed by atoms with Gasteiger partial charge in [-0.25, -0.2) is 0 Å². The molecule has 2 rings (SSSR count). The van der Waals surface area contributed by atoms with Crippen LogP contribution >= 0.6 is 0 Å². The van der Waals surface area contributed by atoms with E-state index in [1.165, 1.54) is 26.4 Å². The summed E-state index contributed by atoms with van der Waals surface area (Å²) in [7, 11) is 3.69. The van der Waals surface area contributed by atoms with Crippen molar-refractivity contribution in [1.29, 1.82) is 0 Å². The van der Waals surface area contributed by atoms with E-state index in [1.807, 2.05) is 0 Å². The van der Waals surface area contributed by atoms with E-state index in [9.17, 15) is 4.79 Å². The second-order valence-electron chi connectivity index (χ2n) is 5.67. The lowest BCUT2D eigenvalue weighted by molar-refractivity contribution is -0.148. The van der Waals surface area contributed by atoms with Gasteiger partial charge in [-0.1, -0.05) is 19.3 Å². The first-order valence-electron chi connectivity index (χ1n) is 7.23. The first kappa shape index (κ1) is 13.8. The summed E-state index contributed by atoms with van der Waals surface area (Å²) in [6.07, 6.45) is 5.85. The number of carbonyl (C=O) groups is 1. The normalized spacial score (nSPS) is 31.9. The number of likely N-dealkylation sites (N-methyl/N-ethyl adjacent to an activating group) is 1. The Morgan fingerprint density at radius 3 is 2.39 bits per heavy atom. The molecule has 2 fully saturated rings.